The number of anilines is 1. The third kappa shape index (κ3) is 3.19. The van der Waals surface area contributed by atoms with E-state index in [2.05, 4.69) is 39.2 Å². The molecule has 0 atom stereocenters. The van der Waals surface area contributed by atoms with Crippen molar-refractivity contribution in [3.8, 4) is 12.3 Å². The number of rotatable bonds is 4. The van der Waals surface area contributed by atoms with Crippen LogP contribution in [0.15, 0.2) is 15.5 Å². The van der Waals surface area contributed by atoms with Gasteiger partial charge in [-0.1, -0.05) is 25.7 Å². The molecule has 102 valence electrons. The molecule has 0 radical (unpaired) electrons. The van der Waals surface area contributed by atoms with Crippen LogP contribution in [0.1, 0.15) is 32.6 Å². The van der Waals surface area contributed by atoms with Crippen molar-refractivity contribution in [3.63, 3.8) is 0 Å². The molecule has 0 aliphatic heterocycles. The van der Waals surface area contributed by atoms with Gasteiger partial charge in [0.2, 0.25) is 0 Å². The molecule has 1 aromatic heterocycles. The maximum absolute atomic E-state index is 12.0. The Morgan fingerprint density at radius 3 is 2.89 bits per heavy atom. The topological polar surface area (TPSA) is 46.9 Å². The molecule has 0 bridgehead atoms. The summed E-state index contributed by atoms with van der Waals surface area (Å²) in [6, 6.07) is 0. The van der Waals surface area contributed by atoms with Gasteiger partial charge in [0, 0.05) is 6.54 Å². The van der Waals surface area contributed by atoms with Crippen molar-refractivity contribution < 1.29 is 0 Å². The van der Waals surface area contributed by atoms with Crippen LogP contribution in [0.4, 0.5) is 5.69 Å². The first kappa shape index (κ1) is 14.1. The third-order valence-corrected chi connectivity index (χ3v) is 4.51. The molecule has 0 spiro atoms. The Morgan fingerprint density at radius 2 is 2.26 bits per heavy atom. The van der Waals surface area contributed by atoms with Gasteiger partial charge in [-0.15, -0.1) is 6.42 Å². The van der Waals surface area contributed by atoms with Crippen molar-refractivity contribution in [2.24, 2.45) is 5.41 Å². The highest BCUT2D eigenvalue weighted by Gasteiger charge is 2.28. The molecule has 4 nitrogen and oxygen atoms in total. The van der Waals surface area contributed by atoms with Crippen molar-refractivity contribution >= 4 is 21.6 Å². The standard InChI is InChI=1S/C14H18BrN3O/c1-3-8-18-13(19)12(15)11(9-17-18)16-10-14(2)6-4-5-7-14/h1,9,16H,4-8,10H2,2H3. The van der Waals surface area contributed by atoms with E-state index in [1.165, 1.54) is 30.4 Å². The summed E-state index contributed by atoms with van der Waals surface area (Å²) in [6.07, 6.45) is 11.9. The summed E-state index contributed by atoms with van der Waals surface area (Å²) < 4.78 is 1.77. The minimum Gasteiger partial charge on any atom is -0.382 e. The molecule has 1 aromatic rings. The Balaban J connectivity index is 2.11. The Labute approximate surface area is 121 Å². The molecule has 1 N–H and O–H groups in total. The van der Waals surface area contributed by atoms with Crippen LogP contribution in [0.3, 0.4) is 0 Å². The van der Waals surface area contributed by atoms with E-state index in [-0.39, 0.29) is 12.1 Å². The predicted octanol–water partition coefficient (Wildman–Crippen LogP) is 2.63. The zero-order valence-electron chi connectivity index (χ0n) is 11.1. The second kappa shape index (κ2) is 5.79. The van der Waals surface area contributed by atoms with E-state index in [9.17, 15) is 4.79 Å². The van der Waals surface area contributed by atoms with Gasteiger partial charge in [0.25, 0.3) is 5.56 Å². The van der Waals surface area contributed by atoms with Gasteiger partial charge in [0.15, 0.2) is 0 Å². The van der Waals surface area contributed by atoms with Crippen molar-refractivity contribution in [2.75, 3.05) is 11.9 Å². The summed E-state index contributed by atoms with van der Waals surface area (Å²) in [7, 11) is 0. The Morgan fingerprint density at radius 1 is 1.58 bits per heavy atom. The van der Waals surface area contributed by atoms with Gasteiger partial charge in [0.1, 0.15) is 11.0 Å². The molecule has 2 rings (SSSR count). The first-order valence-electron chi connectivity index (χ1n) is 6.49. The van der Waals surface area contributed by atoms with Crippen molar-refractivity contribution in [2.45, 2.75) is 39.2 Å². The van der Waals surface area contributed by atoms with Gasteiger partial charge in [0.05, 0.1) is 11.9 Å². The quantitative estimate of drug-likeness (QED) is 0.866. The lowest BCUT2D eigenvalue weighted by Gasteiger charge is -2.24. The molecule has 19 heavy (non-hydrogen) atoms. The predicted molar refractivity (Wildman–Crippen MR) is 80.1 cm³/mol. The maximum atomic E-state index is 12.0. The zero-order chi connectivity index (χ0) is 13.9. The molecular weight excluding hydrogens is 306 g/mol. The second-order valence-corrected chi connectivity index (χ2v) is 6.20. The lowest BCUT2D eigenvalue weighted by molar-refractivity contribution is 0.362. The van der Waals surface area contributed by atoms with Gasteiger partial charge >= 0.3 is 0 Å². The lowest BCUT2D eigenvalue weighted by atomic mass is 9.89. The maximum Gasteiger partial charge on any atom is 0.284 e. The van der Waals surface area contributed by atoms with Crippen molar-refractivity contribution in [1.29, 1.82) is 0 Å². The summed E-state index contributed by atoms with van der Waals surface area (Å²) in [4.78, 5) is 12.0. The molecule has 0 aromatic carbocycles. The van der Waals surface area contributed by atoms with Gasteiger partial charge in [-0.2, -0.15) is 5.10 Å². The number of aromatic nitrogens is 2. The largest absolute Gasteiger partial charge is 0.382 e. The highest BCUT2D eigenvalue weighted by molar-refractivity contribution is 9.10. The average Bonchev–Trinajstić information content (AvgIpc) is 2.82. The van der Waals surface area contributed by atoms with Crippen molar-refractivity contribution in [3.05, 3.63) is 21.0 Å². The van der Waals surface area contributed by atoms with Gasteiger partial charge in [-0.25, -0.2) is 4.68 Å². The summed E-state index contributed by atoms with van der Waals surface area (Å²) in [5.41, 5.74) is 0.874. The first-order chi connectivity index (χ1) is 9.06. The molecule has 1 aliphatic carbocycles. The normalized spacial score (nSPS) is 17.1. The number of halogens is 1. The molecule has 5 heteroatoms. The number of hydrogen-bond donors (Lipinski definition) is 1. The zero-order valence-corrected chi connectivity index (χ0v) is 12.7. The van der Waals surface area contributed by atoms with Crippen LogP contribution >= 0.6 is 15.9 Å². The monoisotopic (exact) mass is 323 g/mol. The molecular formula is C14H18BrN3O. The fourth-order valence-corrected chi connectivity index (χ4v) is 2.95. The van der Waals surface area contributed by atoms with Crippen LogP contribution in [0.5, 0.6) is 0 Å². The molecule has 1 heterocycles. The van der Waals surface area contributed by atoms with E-state index in [4.69, 9.17) is 6.42 Å². The minimum absolute atomic E-state index is 0.190. The molecule has 1 aliphatic rings. The number of nitrogens with zero attached hydrogens (tertiary/aromatic N) is 2. The third-order valence-electron chi connectivity index (χ3n) is 3.74. The van der Waals surface area contributed by atoms with Crippen molar-refractivity contribution in [1.82, 2.24) is 9.78 Å². The Bertz CT molecular complexity index is 553. The van der Waals surface area contributed by atoms with E-state index in [1.54, 1.807) is 6.20 Å². The van der Waals surface area contributed by atoms with Crippen LogP contribution < -0.4 is 10.9 Å². The van der Waals surface area contributed by atoms with E-state index >= 15 is 0 Å². The SMILES string of the molecule is C#CCn1ncc(NCC2(C)CCCC2)c(Br)c1=O. The highest BCUT2D eigenvalue weighted by Crippen LogP contribution is 2.37. The highest BCUT2D eigenvalue weighted by atomic mass is 79.9. The van der Waals surface area contributed by atoms with Crippen LogP contribution in [0.2, 0.25) is 0 Å². The number of nitrogens with one attached hydrogen (secondary N) is 1. The molecule has 0 unspecified atom stereocenters. The van der Waals surface area contributed by atoms with E-state index in [1.807, 2.05) is 0 Å². The number of hydrogen-bond acceptors (Lipinski definition) is 3. The first-order valence-corrected chi connectivity index (χ1v) is 7.28. The molecule has 1 saturated carbocycles. The van der Waals surface area contributed by atoms with E-state index < -0.39 is 0 Å². The minimum atomic E-state index is -0.195. The fraction of sp³-hybridized carbons (Fsp3) is 0.571. The second-order valence-electron chi connectivity index (χ2n) is 5.41. The lowest BCUT2D eigenvalue weighted by Crippen LogP contribution is -2.27. The van der Waals surface area contributed by atoms with Crippen LogP contribution in [-0.4, -0.2) is 16.3 Å². The molecule has 0 amide bonds. The van der Waals surface area contributed by atoms with E-state index in [0.717, 1.165) is 12.2 Å². The summed E-state index contributed by atoms with van der Waals surface area (Å²) >= 11 is 3.32. The molecule has 1 fully saturated rings. The van der Waals surface area contributed by atoms with Gasteiger partial charge < -0.3 is 5.32 Å². The summed E-state index contributed by atoms with van der Waals surface area (Å²) in [5, 5.41) is 7.40. The van der Waals surface area contributed by atoms with Crippen LogP contribution in [-0.2, 0) is 6.54 Å². The van der Waals surface area contributed by atoms with Crippen LogP contribution in [0.25, 0.3) is 0 Å². The van der Waals surface area contributed by atoms with Gasteiger partial charge in [-0.3, -0.25) is 4.79 Å². The Hall–Kier alpha value is -1.28. The van der Waals surface area contributed by atoms with Gasteiger partial charge in [-0.05, 0) is 34.2 Å². The fourth-order valence-electron chi connectivity index (χ4n) is 2.50. The summed E-state index contributed by atoms with van der Waals surface area (Å²) in [6.45, 7) is 3.34. The van der Waals surface area contributed by atoms with Crippen LogP contribution in [0, 0.1) is 17.8 Å². The Kier molecular flexibility index (Phi) is 4.31. The van der Waals surface area contributed by atoms with E-state index in [0.29, 0.717) is 9.89 Å². The molecule has 0 saturated heterocycles. The smallest absolute Gasteiger partial charge is 0.284 e. The number of terminal acetylenes is 1. The summed E-state index contributed by atoms with van der Waals surface area (Å²) in [5.74, 6) is 2.41. The average molecular weight is 324 g/mol.